The fraction of sp³-hybridized carbons (Fsp3) is 0. The van der Waals surface area contributed by atoms with Crippen molar-refractivity contribution in [3.63, 3.8) is 0 Å². The van der Waals surface area contributed by atoms with Crippen molar-refractivity contribution < 1.29 is 0 Å². The number of fused-ring (bicyclic) bond motifs is 5. The van der Waals surface area contributed by atoms with Crippen LogP contribution in [-0.2, 0) is 0 Å². The van der Waals surface area contributed by atoms with Crippen LogP contribution in [0.15, 0.2) is 171 Å². The molecule has 4 nitrogen and oxygen atoms in total. The van der Waals surface area contributed by atoms with E-state index in [9.17, 15) is 0 Å². The van der Waals surface area contributed by atoms with Gasteiger partial charge >= 0.3 is 0 Å². The molecule has 0 bridgehead atoms. The Kier molecular flexibility index (Phi) is 6.58. The van der Waals surface area contributed by atoms with Crippen molar-refractivity contribution in [3.05, 3.63) is 188 Å². The van der Waals surface area contributed by atoms with Crippen molar-refractivity contribution in [3.8, 4) is 27.9 Å². The Morgan fingerprint density at radius 2 is 1.27 bits per heavy atom. The minimum atomic E-state index is 0.834. The normalized spacial score (nSPS) is 13.2. The Labute approximate surface area is 279 Å². The molecule has 48 heavy (non-hydrogen) atoms. The molecule has 0 N–H and O–H groups in total. The first kappa shape index (κ1) is 27.8. The third kappa shape index (κ3) is 4.62. The van der Waals surface area contributed by atoms with Gasteiger partial charge in [-0.1, -0.05) is 97.6 Å². The van der Waals surface area contributed by atoms with Crippen LogP contribution in [0.25, 0.3) is 61.4 Å². The molecule has 0 saturated heterocycles. The molecule has 8 aromatic rings. The van der Waals surface area contributed by atoms with E-state index in [1.165, 1.54) is 32.9 Å². The number of benzene rings is 5. The predicted octanol–water partition coefficient (Wildman–Crippen LogP) is 11.1. The Hall–Kier alpha value is -6.52. The SMILES string of the molecule is C=C1c2ccc(-c3cccc(-n4c5ccccc5c5cc(-c6ccccc6)ccc54)c3)cc2N(c2ccccn2)/C=C\c2cccnc21. The lowest BCUT2D eigenvalue weighted by Crippen LogP contribution is -2.14. The van der Waals surface area contributed by atoms with E-state index in [1.807, 2.05) is 36.7 Å². The Bertz CT molecular complexity index is 2530. The number of para-hydroxylation sites is 1. The quantitative estimate of drug-likeness (QED) is 0.198. The van der Waals surface area contributed by atoms with Crippen LogP contribution in [0, 0.1) is 0 Å². The summed E-state index contributed by atoms with van der Waals surface area (Å²) >= 11 is 0. The lowest BCUT2D eigenvalue weighted by molar-refractivity contribution is 1.16. The summed E-state index contributed by atoms with van der Waals surface area (Å²) < 4.78 is 2.38. The molecule has 4 heteroatoms. The van der Waals surface area contributed by atoms with E-state index in [0.717, 1.165) is 50.7 Å². The van der Waals surface area contributed by atoms with Gasteiger partial charge < -0.3 is 9.47 Å². The lowest BCUT2D eigenvalue weighted by atomic mass is 9.93. The maximum Gasteiger partial charge on any atom is 0.137 e. The monoisotopic (exact) mass is 614 g/mol. The molecule has 0 amide bonds. The highest BCUT2D eigenvalue weighted by Gasteiger charge is 2.21. The summed E-state index contributed by atoms with van der Waals surface area (Å²) in [5, 5.41) is 2.48. The molecule has 3 aromatic heterocycles. The van der Waals surface area contributed by atoms with E-state index in [-0.39, 0.29) is 0 Å². The van der Waals surface area contributed by atoms with Crippen LogP contribution < -0.4 is 4.90 Å². The molecule has 0 radical (unpaired) electrons. The predicted molar refractivity (Wildman–Crippen MR) is 199 cm³/mol. The van der Waals surface area contributed by atoms with Gasteiger partial charge in [-0.15, -0.1) is 0 Å². The Morgan fingerprint density at radius 1 is 0.521 bits per heavy atom. The Morgan fingerprint density at radius 3 is 2.17 bits per heavy atom. The van der Waals surface area contributed by atoms with Crippen molar-refractivity contribution in [2.24, 2.45) is 0 Å². The summed E-state index contributed by atoms with van der Waals surface area (Å²) in [4.78, 5) is 11.6. The smallest absolute Gasteiger partial charge is 0.137 e. The third-order valence-corrected chi connectivity index (χ3v) is 9.22. The van der Waals surface area contributed by atoms with Gasteiger partial charge in [0.05, 0.1) is 22.4 Å². The summed E-state index contributed by atoms with van der Waals surface area (Å²) in [6.45, 7) is 4.51. The van der Waals surface area contributed by atoms with Crippen molar-refractivity contribution in [2.75, 3.05) is 4.90 Å². The highest BCUT2D eigenvalue weighted by Crippen LogP contribution is 2.41. The van der Waals surface area contributed by atoms with Gasteiger partial charge in [-0.2, -0.15) is 0 Å². The number of anilines is 2. The highest BCUT2D eigenvalue weighted by molar-refractivity contribution is 6.10. The minimum Gasteiger partial charge on any atom is -0.309 e. The number of rotatable bonds is 4. The lowest BCUT2D eigenvalue weighted by Gasteiger charge is -2.26. The molecule has 1 aliphatic heterocycles. The van der Waals surface area contributed by atoms with Gasteiger partial charge in [-0.25, -0.2) is 4.98 Å². The zero-order chi connectivity index (χ0) is 32.0. The van der Waals surface area contributed by atoms with Crippen molar-refractivity contribution in [1.29, 1.82) is 0 Å². The summed E-state index contributed by atoms with van der Waals surface area (Å²) in [5.41, 5.74) is 12.9. The molecule has 0 saturated carbocycles. The van der Waals surface area contributed by atoms with Crippen LogP contribution in [-0.4, -0.2) is 14.5 Å². The van der Waals surface area contributed by atoms with Crippen LogP contribution in [0.4, 0.5) is 11.5 Å². The molecule has 0 fully saturated rings. The highest BCUT2D eigenvalue weighted by atomic mass is 15.2. The van der Waals surface area contributed by atoms with Gasteiger partial charge in [0.2, 0.25) is 0 Å². The molecule has 9 rings (SSSR count). The molecule has 0 atom stereocenters. The maximum absolute atomic E-state index is 4.71. The van der Waals surface area contributed by atoms with Gasteiger partial charge in [-0.3, -0.25) is 4.98 Å². The van der Waals surface area contributed by atoms with E-state index >= 15 is 0 Å². The Balaban J connectivity index is 1.20. The van der Waals surface area contributed by atoms with E-state index in [2.05, 4.69) is 150 Å². The summed E-state index contributed by atoms with van der Waals surface area (Å²) in [6, 6.07) is 51.5. The fourth-order valence-electron chi connectivity index (χ4n) is 6.91. The molecule has 4 heterocycles. The molecule has 1 aliphatic rings. The third-order valence-electron chi connectivity index (χ3n) is 9.22. The summed E-state index contributed by atoms with van der Waals surface area (Å²) in [7, 11) is 0. The van der Waals surface area contributed by atoms with Gasteiger partial charge in [0.1, 0.15) is 5.82 Å². The second kappa shape index (κ2) is 11.4. The second-order valence-corrected chi connectivity index (χ2v) is 12.0. The number of hydrogen-bond acceptors (Lipinski definition) is 3. The van der Waals surface area contributed by atoms with Gasteiger partial charge in [0.15, 0.2) is 0 Å². The molecule has 226 valence electrons. The van der Waals surface area contributed by atoms with Crippen LogP contribution in [0.1, 0.15) is 16.8 Å². The fourth-order valence-corrected chi connectivity index (χ4v) is 6.91. The van der Waals surface area contributed by atoms with Crippen LogP contribution in [0.3, 0.4) is 0 Å². The topological polar surface area (TPSA) is 34.0 Å². The van der Waals surface area contributed by atoms with E-state index < -0.39 is 0 Å². The average Bonchev–Trinajstić information content (AvgIpc) is 3.49. The first-order valence-corrected chi connectivity index (χ1v) is 16.1. The van der Waals surface area contributed by atoms with Crippen LogP contribution in [0.2, 0.25) is 0 Å². The second-order valence-electron chi connectivity index (χ2n) is 12.0. The minimum absolute atomic E-state index is 0.834. The number of hydrogen-bond donors (Lipinski definition) is 0. The molecular weight excluding hydrogens is 585 g/mol. The van der Waals surface area contributed by atoms with Crippen molar-refractivity contribution in [1.82, 2.24) is 14.5 Å². The first-order chi connectivity index (χ1) is 23.7. The van der Waals surface area contributed by atoms with Crippen molar-refractivity contribution in [2.45, 2.75) is 0 Å². The average molecular weight is 615 g/mol. The van der Waals surface area contributed by atoms with Gasteiger partial charge in [0.25, 0.3) is 0 Å². The zero-order valence-electron chi connectivity index (χ0n) is 26.2. The summed E-state index contributed by atoms with van der Waals surface area (Å²) in [6.07, 6.45) is 7.82. The summed E-state index contributed by atoms with van der Waals surface area (Å²) in [5.74, 6) is 0.834. The standard InChI is InChI=1S/C44H30N4/c1-30-37-21-19-35(29-42(37)47(43-18-7-8-24-45-43)26-23-32-14-10-25-46-44(30)32)33-13-9-15-36(27-33)48-40-17-6-5-16-38(40)39-28-34(20-22-41(39)48)31-11-3-2-4-12-31/h2-29H,1H2/b26-23-. The van der Waals surface area contributed by atoms with Crippen molar-refractivity contribution >= 4 is 45.0 Å². The molecule has 0 spiro atoms. The molecule has 0 unspecified atom stereocenters. The van der Waals surface area contributed by atoms with E-state index in [4.69, 9.17) is 9.97 Å². The largest absolute Gasteiger partial charge is 0.309 e. The van der Waals surface area contributed by atoms with Gasteiger partial charge in [-0.05, 0) is 82.9 Å². The van der Waals surface area contributed by atoms with E-state index in [0.29, 0.717) is 0 Å². The first-order valence-electron chi connectivity index (χ1n) is 16.1. The maximum atomic E-state index is 4.71. The number of pyridine rings is 2. The zero-order valence-corrected chi connectivity index (χ0v) is 26.2. The van der Waals surface area contributed by atoms with Crippen LogP contribution >= 0.6 is 0 Å². The number of nitrogens with zero attached hydrogens (tertiary/aromatic N) is 4. The van der Waals surface area contributed by atoms with Crippen LogP contribution in [0.5, 0.6) is 0 Å². The number of aromatic nitrogens is 3. The molecular formula is C44H30N4. The van der Waals surface area contributed by atoms with E-state index in [1.54, 1.807) is 0 Å². The van der Waals surface area contributed by atoms with Gasteiger partial charge in [0, 0.05) is 51.8 Å². The molecule has 5 aromatic carbocycles. The molecule has 0 aliphatic carbocycles.